The molecule has 0 radical (unpaired) electrons. The molecular weight excluding hydrogens is 242 g/mol. The second-order valence-corrected chi connectivity index (χ2v) is 6.90. The third-order valence-electron chi connectivity index (χ3n) is 5.60. The summed E-state index contributed by atoms with van der Waals surface area (Å²) >= 11 is 0. The first-order chi connectivity index (χ1) is 9.04. The van der Waals surface area contributed by atoms with Gasteiger partial charge in [-0.1, -0.05) is 0 Å². The summed E-state index contributed by atoms with van der Waals surface area (Å²) in [6, 6.07) is 1.16. The van der Waals surface area contributed by atoms with Crippen molar-refractivity contribution >= 4 is 5.97 Å². The topological polar surface area (TPSA) is 49.8 Å². The van der Waals surface area contributed by atoms with E-state index < -0.39 is 5.41 Å². The fourth-order valence-corrected chi connectivity index (χ4v) is 3.82. The lowest BCUT2D eigenvalue weighted by Crippen LogP contribution is -2.45. The summed E-state index contributed by atoms with van der Waals surface area (Å²) in [7, 11) is 2.18. The van der Waals surface area contributed by atoms with Crippen molar-refractivity contribution in [3.05, 3.63) is 0 Å². The molecule has 3 unspecified atom stereocenters. The number of piperidine rings is 1. The molecule has 1 saturated carbocycles. The number of aliphatic hydroxyl groups is 1. The number of fused-ring (bicyclic) bond motifs is 2. The Morgan fingerprint density at radius 1 is 1.26 bits per heavy atom. The zero-order valence-electron chi connectivity index (χ0n) is 12.0. The number of aliphatic hydroxyl groups excluding tert-OH is 1. The van der Waals surface area contributed by atoms with Gasteiger partial charge in [-0.2, -0.15) is 0 Å². The summed E-state index contributed by atoms with van der Waals surface area (Å²) < 4.78 is 5.75. The Kier molecular flexibility index (Phi) is 3.34. The molecule has 3 aliphatic rings. The highest BCUT2D eigenvalue weighted by atomic mass is 16.5. The van der Waals surface area contributed by atoms with Gasteiger partial charge in [0.15, 0.2) is 0 Å². The van der Waals surface area contributed by atoms with Crippen LogP contribution in [0.1, 0.15) is 45.4 Å². The number of nitrogens with zero attached hydrogens (tertiary/aromatic N) is 1. The van der Waals surface area contributed by atoms with E-state index in [4.69, 9.17) is 4.74 Å². The molecule has 4 nitrogen and oxygen atoms in total. The van der Waals surface area contributed by atoms with E-state index in [1.54, 1.807) is 0 Å². The molecule has 2 aliphatic heterocycles. The summed E-state index contributed by atoms with van der Waals surface area (Å²) in [5.74, 6) is 0.152. The molecule has 0 amide bonds. The predicted octanol–water partition coefficient (Wildman–Crippen LogP) is 1.56. The number of rotatable bonds is 4. The first kappa shape index (κ1) is 13.4. The first-order valence-corrected chi connectivity index (χ1v) is 7.58. The van der Waals surface area contributed by atoms with Crippen LogP contribution in [0.5, 0.6) is 0 Å². The Hall–Kier alpha value is -0.610. The number of ether oxygens (including phenoxy) is 1. The first-order valence-electron chi connectivity index (χ1n) is 7.58. The minimum absolute atomic E-state index is 0.0609. The molecule has 2 heterocycles. The van der Waals surface area contributed by atoms with Gasteiger partial charge in [-0.25, -0.2) is 0 Å². The average molecular weight is 267 g/mol. The quantitative estimate of drug-likeness (QED) is 0.785. The van der Waals surface area contributed by atoms with E-state index in [0.29, 0.717) is 18.0 Å². The molecule has 3 atom stereocenters. The van der Waals surface area contributed by atoms with Crippen LogP contribution in [0.25, 0.3) is 0 Å². The van der Waals surface area contributed by atoms with Crippen molar-refractivity contribution in [2.75, 3.05) is 13.7 Å². The molecule has 0 spiro atoms. The standard InChI is InChI=1S/C15H25NO3/c1-15(9-17,10-3-4-10)14(18)19-13-7-11-5-6-12(8-13)16(11)2/h10-13,17H,3-9H2,1-2H3. The summed E-state index contributed by atoms with van der Waals surface area (Å²) in [5, 5.41) is 9.54. The zero-order chi connectivity index (χ0) is 13.6. The number of hydrogen-bond donors (Lipinski definition) is 1. The van der Waals surface area contributed by atoms with Crippen LogP contribution in [0.3, 0.4) is 0 Å². The maximum atomic E-state index is 12.4. The summed E-state index contributed by atoms with van der Waals surface area (Å²) in [4.78, 5) is 14.8. The van der Waals surface area contributed by atoms with Crippen molar-refractivity contribution < 1.29 is 14.6 Å². The van der Waals surface area contributed by atoms with E-state index in [1.807, 2.05) is 6.92 Å². The van der Waals surface area contributed by atoms with Gasteiger partial charge in [-0.15, -0.1) is 0 Å². The van der Waals surface area contributed by atoms with E-state index in [2.05, 4.69) is 11.9 Å². The second kappa shape index (κ2) is 4.74. The lowest BCUT2D eigenvalue weighted by Gasteiger charge is -2.37. The molecule has 3 rings (SSSR count). The van der Waals surface area contributed by atoms with E-state index >= 15 is 0 Å². The van der Waals surface area contributed by atoms with Crippen LogP contribution in [0.2, 0.25) is 0 Å². The fourth-order valence-electron chi connectivity index (χ4n) is 3.82. The normalized spacial score (nSPS) is 37.9. The average Bonchev–Trinajstić information content (AvgIpc) is 3.20. The van der Waals surface area contributed by atoms with Gasteiger partial charge >= 0.3 is 5.97 Å². The minimum atomic E-state index is -0.664. The summed E-state index contributed by atoms with van der Waals surface area (Å²) in [6.07, 6.45) is 6.54. The number of carbonyl (C=O) groups excluding carboxylic acids is 1. The molecule has 0 aromatic rings. The molecule has 0 aromatic heterocycles. The molecular formula is C15H25NO3. The molecule has 3 fully saturated rings. The largest absolute Gasteiger partial charge is 0.462 e. The van der Waals surface area contributed by atoms with Crippen molar-refractivity contribution in [1.82, 2.24) is 4.90 Å². The van der Waals surface area contributed by atoms with E-state index in [0.717, 1.165) is 25.7 Å². The van der Waals surface area contributed by atoms with Gasteiger partial charge in [0.1, 0.15) is 6.10 Å². The van der Waals surface area contributed by atoms with Crippen molar-refractivity contribution in [2.24, 2.45) is 11.3 Å². The second-order valence-electron chi connectivity index (χ2n) is 6.90. The molecule has 2 saturated heterocycles. The maximum absolute atomic E-state index is 12.4. The van der Waals surface area contributed by atoms with E-state index in [9.17, 15) is 9.90 Å². The van der Waals surface area contributed by atoms with Gasteiger partial charge < -0.3 is 14.7 Å². The van der Waals surface area contributed by atoms with Gasteiger partial charge in [0, 0.05) is 12.1 Å². The van der Waals surface area contributed by atoms with E-state index in [-0.39, 0.29) is 18.7 Å². The molecule has 108 valence electrons. The van der Waals surface area contributed by atoms with Gasteiger partial charge in [0.25, 0.3) is 0 Å². The highest BCUT2D eigenvalue weighted by Gasteiger charge is 2.49. The third kappa shape index (κ3) is 2.29. The lowest BCUT2D eigenvalue weighted by atomic mass is 9.86. The zero-order valence-corrected chi connectivity index (χ0v) is 12.0. The molecule has 1 aliphatic carbocycles. The minimum Gasteiger partial charge on any atom is -0.462 e. The Labute approximate surface area is 115 Å². The van der Waals surface area contributed by atoms with Gasteiger partial charge in [-0.05, 0) is 58.4 Å². The summed E-state index contributed by atoms with van der Waals surface area (Å²) in [6.45, 7) is 1.77. The molecule has 1 N–H and O–H groups in total. The van der Waals surface area contributed by atoms with Crippen LogP contribution in [0.15, 0.2) is 0 Å². The predicted molar refractivity (Wildman–Crippen MR) is 71.6 cm³/mol. The maximum Gasteiger partial charge on any atom is 0.314 e. The van der Waals surface area contributed by atoms with Crippen molar-refractivity contribution in [3.63, 3.8) is 0 Å². The monoisotopic (exact) mass is 267 g/mol. The Morgan fingerprint density at radius 2 is 1.84 bits per heavy atom. The van der Waals surface area contributed by atoms with E-state index in [1.165, 1.54) is 12.8 Å². The van der Waals surface area contributed by atoms with Gasteiger partial charge in [-0.3, -0.25) is 4.79 Å². The Bertz CT molecular complexity index is 354. The van der Waals surface area contributed by atoms with Crippen LogP contribution < -0.4 is 0 Å². The third-order valence-corrected chi connectivity index (χ3v) is 5.60. The van der Waals surface area contributed by atoms with Crippen molar-refractivity contribution in [2.45, 2.75) is 63.6 Å². The highest BCUT2D eigenvalue weighted by molar-refractivity contribution is 5.77. The number of hydrogen-bond acceptors (Lipinski definition) is 4. The highest BCUT2D eigenvalue weighted by Crippen LogP contribution is 2.46. The van der Waals surface area contributed by atoms with Crippen molar-refractivity contribution in [1.29, 1.82) is 0 Å². The summed E-state index contributed by atoms with van der Waals surface area (Å²) in [5.41, 5.74) is -0.664. The van der Waals surface area contributed by atoms with Gasteiger partial charge in [0.05, 0.1) is 12.0 Å². The molecule has 19 heavy (non-hydrogen) atoms. The van der Waals surface area contributed by atoms with Crippen LogP contribution in [-0.2, 0) is 9.53 Å². The smallest absolute Gasteiger partial charge is 0.314 e. The Morgan fingerprint density at radius 3 is 2.32 bits per heavy atom. The molecule has 4 heteroatoms. The van der Waals surface area contributed by atoms with Crippen molar-refractivity contribution in [3.8, 4) is 0 Å². The SMILES string of the molecule is CN1C2CCC1CC(OC(=O)C(C)(CO)C1CC1)C2. The molecule has 2 bridgehead atoms. The molecule has 0 aromatic carbocycles. The Balaban J connectivity index is 1.61. The fraction of sp³-hybridized carbons (Fsp3) is 0.933. The van der Waals surface area contributed by atoms with Gasteiger partial charge in [0.2, 0.25) is 0 Å². The lowest BCUT2D eigenvalue weighted by molar-refractivity contribution is -0.168. The van der Waals surface area contributed by atoms with Crippen LogP contribution in [0, 0.1) is 11.3 Å². The van der Waals surface area contributed by atoms with Crippen LogP contribution >= 0.6 is 0 Å². The number of esters is 1. The van der Waals surface area contributed by atoms with Crippen LogP contribution in [-0.4, -0.2) is 47.8 Å². The van der Waals surface area contributed by atoms with Crippen LogP contribution in [0.4, 0.5) is 0 Å². The number of carbonyl (C=O) groups is 1.